The lowest BCUT2D eigenvalue weighted by Crippen LogP contribution is -2.11. The number of primary sulfonamides is 1. The molecule has 124 valence electrons. The second-order valence-electron chi connectivity index (χ2n) is 4.98. The van der Waals surface area contributed by atoms with Crippen molar-refractivity contribution in [3.63, 3.8) is 0 Å². The zero-order chi connectivity index (χ0) is 17.2. The second-order valence-corrected chi connectivity index (χ2v) is 6.54. The van der Waals surface area contributed by atoms with Crippen molar-refractivity contribution in [3.8, 4) is 11.5 Å². The number of allylic oxidation sites excluding steroid dienone is 1. The lowest BCUT2D eigenvalue weighted by Gasteiger charge is -2.02. The molecule has 0 atom stereocenters. The van der Waals surface area contributed by atoms with Crippen LogP contribution >= 0.6 is 0 Å². The van der Waals surface area contributed by atoms with Crippen LogP contribution in [-0.4, -0.2) is 21.0 Å². The van der Waals surface area contributed by atoms with Crippen LogP contribution in [-0.2, 0) is 10.0 Å². The number of ether oxygens (including phenoxy) is 2. The average Bonchev–Trinajstić information content (AvgIpc) is 3.02. The van der Waals surface area contributed by atoms with Crippen LogP contribution in [0.25, 0.3) is 0 Å². The first kappa shape index (κ1) is 16.0. The molecule has 0 aliphatic carbocycles. The molecule has 2 aromatic rings. The van der Waals surface area contributed by atoms with E-state index in [4.69, 9.17) is 14.6 Å². The van der Waals surface area contributed by atoms with Crippen LogP contribution in [0, 0.1) is 0 Å². The third-order valence-corrected chi connectivity index (χ3v) is 4.25. The fourth-order valence-corrected chi connectivity index (χ4v) is 2.62. The van der Waals surface area contributed by atoms with Crippen LogP contribution in [0.3, 0.4) is 0 Å². The standard InChI is InChI=1S/C16H14N2O5S/c17-24(20,21)13-4-2-12(3-5-13)18-8-7-14(19)11-1-6-15-16(9-11)23-10-22-15/h1-9,18H,10H2,(H2,17,20,21). The van der Waals surface area contributed by atoms with Gasteiger partial charge in [-0.25, -0.2) is 13.6 Å². The van der Waals surface area contributed by atoms with Gasteiger partial charge in [-0.1, -0.05) is 0 Å². The molecule has 1 heterocycles. The number of carbonyl (C=O) groups is 1. The number of hydrogen-bond donors (Lipinski definition) is 2. The van der Waals surface area contributed by atoms with E-state index in [1.54, 1.807) is 30.3 Å². The molecule has 8 heteroatoms. The van der Waals surface area contributed by atoms with Crippen LogP contribution in [0.5, 0.6) is 11.5 Å². The minimum Gasteiger partial charge on any atom is -0.454 e. The molecule has 2 aromatic carbocycles. The number of carbonyl (C=O) groups excluding carboxylic acids is 1. The minimum atomic E-state index is -3.72. The van der Waals surface area contributed by atoms with E-state index in [-0.39, 0.29) is 17.5 Å². The molecular formula is C16H14N2O5S. The van der Waals surface area contributed by atoms with Gasteiger partial charge in [-0.15, -0.1) is 0 Å². The quantitative estimate of drug-likeness (QED) is 0.632. The number of nitrogens with two attached hydrogens (primary N) is 1. The number of anilines is 1. The normalized spacial score (nSPS) is 13.2. The number of ketones is 1. The van der Waals surface area contributed by atoms with E-state index in [1.807, 2.05) is 0 Å². The predicted molar refractivity (Wildman–Crippen MR) is 87.5 cm³/mol. The van der Waals surface area contributed by atoms with Crippen molar-refractivity contribution >= 4 is 21.5 Å². The first-order valence-electron chi connectivity index (χ1n) is 6.93. The molecule has 7 nitrogen and oxygen atoms in total. The van der Waals surface area contributed by atoms with Gasteiger partial charge in [-0.3, -0.25) is 4.79 Å². The number of rotatable bonds is 5. The van der Waals surface area contributed by atoms with Gasteiger partial charge in [-0.2, -0.15) is 0 Å². The highest BCUT2D eigenvalue weighted by Gasteiger charge is 2.15. The van der Waals surface area contributed by atoms with Gasteiger partial charge in [0.05, 0.1) is 4.90 Å². The van der Waals surface area contributed by atoms with Gasteiger partial charge >= 0.3 is 0 Å². The fraction of sp³-hybridized carbons (Fsp3) is 0.0625. The summed E-state index contributed by atoms with van der Waals surface area (Å²) < 4.78 is 32.7. The molecule has 0 bridgehead atoms. The topological polar surface area (TPSA) is 108 Å². The summed E-state index contributed by atoms with van der Waals surface area (Å²) in [6.07, 6.45) is 2.84. The summed E-state index contributed by atoms with van der Waals surface area (Å²) in [5.74, 6) is 0.950. The summed E-state index contributed by atoms with van der Waals surface area (Å²) in [7, 11) is -3.72. The van der Waals surface area contributed by atoms with Crippen molar-refractivity contribution in [2.45, 2.75) is 4.90 Å². The zero-order valence-corrected chi connectivity index (χ0v) is 13.2. The average molecular weight is 346 g/mol. The van der Waals surface area contributed by atoms with E-state index in [1.165, 1.54) is 24.4 Å². The van der Waals surface area contributed by atoms with Crippen LogP contribution < -0.4 is 19.9 Å². The Kier molecular flexibility index (Phi) is 4.24. The molecule has 1 aliphatic rings. The molecule has 0 unspecified atom stereocenters. The molecule has 0 aromatic heterocycles. The summed E-state index contributed by atoms with van der Waals surface area (Å²) in [6.45, 7) is 0.152. The maximum absolute atomic E-state index is 12.1. The molecule has 3 rings (SSSR count). The molecule has 0 saturated heterocycles. The Bertz CT molecular complexity index is 905. The van der Waals surface area contributed by atoms with Gasteiger partial charge in [0.1, 0.15) is 0 Å². The van der Waals surface area contributed by atoms with Crippen LogP contribution in [0.1, 0.15) is 10.4 Å². The minimum absolute atomic E-state index is 0.0217. The van der Waals surface area contributed by atoms with E-state index in [0.717, 1.165) is 0 Å². The summed E-state index contributed by atoms with van der Waals surface area (Å²) >= 11 is 0. The van der Waals surface area contributed by atoms with Gasteiger partial charge in [0.15, 0.2) is 17.3 Å². The third kappa shape index (κ3) is 3.55. The Balaban J connectivity index is 1.64. The Labute approximate surface area is 138 Å². The highest BCUT2D eigenvalue weighted by Crippen LogP contribution is 2.32. The smallest absolute Gasteiger partial charge is 0.238 e. The first-order chi connectivity index (χ1) is 11.4. The monoisotopic (exact) mass is 346 g/mol. The maximum atomic E-state index is 12.1. The van der Waals surface area contributed by atoms with Gasteiger partial charge in [0.25, 0.3) is 0 Å². The number of nitrogens with one attached hydrogen (secondary N) is 1. The van der Waals surface area contributed by atoms with Crippen molar-refractivity contribution < 1.29 is 22.7 Å². The number of fused-ring (bicyclic) bond motifs is 1. The number of sulfonamides is 1. The first-order valence-corrected chi connectivity index (χ1v) is 8.48. The lowest BCUT2D eigenvalue weighted by molar-refractivity contribution is 0.104. The predicted octanol–water partition coefficient (Wildman–Crippen LogP) is 1.87. The van der Waals surface area contributed by atoms with Gasteiger partial charge < -0.3 is 14.8 Å². The van der Waals surface area contributed by atoms with Gasteiger partial charge in [-0.05, 0) is 42.5 Å². The van der Waals surface area contributed by atoms with Crippen LogP contribution in [0.15, 0.2) is 59.6 Å². The number of hydrogen-bond acceptors (Lipinski definition) is 6. The van der Waals surface area contributed by atoms with E-state index in [0.29, 0.717) is 22.7 Å². The van der Waals surface area contributed by atoms with Crippen molar-refractivity contribution in [2.24, 2.45) is 5.14 Å². The second kappa shape index (κ2) is 6.34. The number of benzene rings is 2. The Morgan fingerprint density at radius 2 is 1.79 bits per heavy atom. The van der Waals surface area contributed by atoms with Gasteiger partial charge in [0.2, 0.25) is 16.8 Å². The molecule has 0 radical (unpaired) electrons. The molecule has 24 heavy (non-hydrogen) atoms. The SMILES string of the molecule is NS(=O)(=O)c1ccc(NC=CC(=O)c2ccc3c(c2)OCO3)cc1. The molecule has 3 N–H and O–H groups in total. The lowest BCUT2D eigenvalue weighted by atomic mass is 10.1. The molecule has 1 aliphatic heterocycles. The zero-order valence-electron chi connectivity index (χ0n) is 12.4. The van der Waals surface area contributed by atoms with Crippen LogP contribution in [0.2, 0.25) is 0 Å². The molecule has 0 fully saturated rings. The van der Waals surface area contributed by atoms with E-state index in [2.05, 4.69) is 5.32 Å². The summed E-state index contributed by atoms with van der Waals surface area (Å²) in [6, 6.07) is 10.8. The molecule has 0 saturated carbocycles. The van der Waals surface area contributed by atoms with Crippen molar-refractivity contribution in [3.05, 3.63) is 60.3 Å². The fourth-order valence-electron chi connectivity index (χ4n) is 2.10. The maximum Gasteiger partial charge on any atom is 0.238 e. The van der Waals surface area contributed by atoms with Crippen LogP contribution in [0.4, 0.5) is 5.69 Å². The van der Waals surface area contributed by atoms with Crippen molar-refractivity contribution in [1.29, 1.82) is 0 Å². The highest BCUT2D eigenvalue weighted by atomic mass is 32.2. The molecule has 0 amide bonds. The third-order valence-electron chi connectivity index (χ3n) is 3.32. The van der Waals surface area contributed by atoms with E-state index < -0.39 is 10.0 Å². The Hall–Kier alpha value is -2.84. The van der Waals surface area contributed by atoms with Crippen molar-refractivity contribution in [1.82, 2.24) is 0 Å². The van der Waals surface area contributed by atoms with E-state index in [9.17, 15) is 13.2 Å². The summed E-state index contributed by atoms with van der Waals surface area (Å²) in [5.41, 5.74) is 1.10. The molecule has 0 spiro atoms. The Morgan fingerprint density at radius 1 is 1.08 bits per heavy atom. The molecular weight excluding hydrogens is 332 g/mol. The highest BCUT2D eigenvalue weighted by molar-refractivity contribution is 7.89. The van der Waals surface area contributed by atoms with Crippen molar-refractivity contribution in [2.75, 3.05) is 12.1 Å². The van der Waals surface area contributed by atoms with E-state index >= 15 is 0 Å². The van der Waals surface area contributed by atoms with Gasteiger partial charge in [0, 0.05) is 23.5 Å². The largest absolute Gasteiger partial charge is 0.454 e. The Morgan fingerprint density at radius 3 is 2.50 bits per heavy atom. The summed E-state index contributed by atoms with van der Waals surface area (Å²) in [5, 5.41) is 7.91. The summed E-state index contributed by atoms with van der Waals surface area (Å²) in [4.78, 5) is 12.1.